The monoisotopic (exact) mass is 908 g/mol. The molecule has 366 valence electrons. The lowest BCUT2D eigenvalue weighted by atomic mass is 10.0. The SMILES string of the molecule is CCCCC/C=C\C/C=C\C/C=C\C=C\[C@@H](O)CCCC(=O)OC[C@H](COP(=O)([O-])OCC[N+](C)(C)C)OC(=O)CCCCCCCCCCCCC/C=C\CCCCCCCC. The van der Waals surface area contributed by atoms with E-state index >= 15 is 0 Å². The summed E-state index contributed by atoms with van der Waals surface area (Å²) in [6.07, 6.45) is 49.9. The minimum Gasteiger partial charge on any atom is -0.756 e. The van der Waals surface area contributed by atoms with Gasteiger partial charge >= 0.3 is 11.9 Å². The Hall–Kier alpha value is -2.33. The maximum absolute atomic E-state index is 12.7. The van der Waals surface area contributed by atoms with Crippen molar-refractivity contribution < 1.29 is 47.2 Å². The maximum atomic E-state index is 12.7. The molecule has 1 unspecified atom stereocenters. The van der Waals surface area contributed by atoms with Crippen molar-refractivity contribution in [1.29, 1.82) is 0 Å². The van der Waals surface area contributed by atoms with Crippen molar-refractivity contribution in [3.63, 3.8) is 0 Å². The molecule has 0 aromatic carbocycles. The average molecular weight is 908 g/mol. The van der Waals surface area contributed by atoms with Gasteiger partial charge in [0.2, 0.25) is 0 Å². The van der Waals surface area contributed by atoms with E-state index in [2.05, 4.69) is 50.3 Å². The summed E-state index contributed by atoms with van der Waals surface area (Å²) in [5.41, 5.74) is 0. The molecule has 0 rings (SSSR count). The number of phosphoric acid groups is 1. The maximum Gasteiger partial charge on any atom is 0.306 e. The summed E-state index contributed by atoms with van der Waals surface area (Å²) >= 11 is 0. The van der Waals surface area contributed by atoms with Crippen LogP contribution in [0.4, 0.5) is 0 Å². The van der Waals surface area contributed by atoms with E-state index in [1.807, 2.05) is 33.3 Å². The van der Waals surface area contributed by atoms with Crippen molar-refractivity contribution in [1.82, 2.24) is 0 Å². The van der Waals surface area contributed by atoms with Crippen LogP contribution in [0.1, 0.15) is 200 Å². The number of allylic oxidation sites excluding steroid dienone is 9. The van der Waals surface area contributed by atoms with E-state index in [0.717, 1.165) is 38.5 Å². The first-order chi connectivity index (χ1) is 30.4. The second kappa shape index (κ2) is 43.6. The Kier molecular flexibility index (Phi) is 41.9. The van der Waals surface area contributed by atoms with E-state index < -0.39 is 38.6 Å². The number of hydrogen-bond donors (Lipinski definition) is 1. The zero-order valence-corrected chi connectivity index (χ0v) is 41.8. The fourth-order valence-corrected chi connectivity index (χ4v) is 7.36. The van der Waals surface area contributed by atoms with Gasteiger partial charge in [-0.1, -0.05) is 177 Å². The number of nitrogens with zero attached hydrogens (tertiary/aromatic N) is 1. The minimum absolute atomic E-state index is 0.0472. The Labute approximate surface area is 386 Å². The van der Waals surface area contributed by atoms with Gasteiger partial charge in [0.25, 0.3) is 7.82 Å². The lowest BCUT2D eigenvalue weighted by molar-refractivity contribution is -0.870. The Morgan fingerprint density at radius 3 is 1.65 bits per heavy atom. The molecule has 0 spiro atoms. The van der Waals surface area contributed by atoms with Crippen molar-refractivity contribution in [3.05, 3.63) is 60.8 Å². The molecule has 3 atom stereocenters. The number of carbonyl (C=O) groups excluding carboxylic acids is 2. The zero-order valence-electron chi connectivity index (χ0n) is 40.9. The highest BCUT2D eigenvalue weighted by atomic mass is 31.2. The van der Waals surface area contributed by atoms with Crippen molar-refractivity contribution >= 4 is 19.8 Å². The number of likely N-dealkylation sites (N-methyl/N-ethyl adjacent to an activating group) is 1. The number of phosphoric ester groups is 1. The van der Waals surface area contributed by atoms with Crippen LogP contribution in [0.5, 0.6) is 0 Å². The van der Waals surface area contributed by atoms with Crippen LogP contribution in [-0.2, 0) is 32.7 Å². The number of quaternary nitrogens is 1. The quantitative estimate of drug-likeness (QED) is 0.0158. The molecule has 0 aromatic rings. The minimum atomic E-state index is -4.68. The van der Waals surface area contributed by atoms with Gasteiger partial charge in [-0.25, -0.2) is 0 Å². The molecule has 0 heterocycles. The van der Waals surface area contributed by atoms with Crippen LogP contribution in [0.2, 0.25) is 0 Å². The average Bonchev–Trinajstić information content (AvgIpc) is 3.23. The number of aliphatic hydroxyl groups excluding tert-OH is 1. The third-order valence-corrected chi connectivity index (χ3v) is 11.6. The summed E-state index contributed by atoms with van der Waals surface area (Å²) in [5, 5.41) is 10.3. The first-order valence-electron chi connectivity index (χ1n) is 25.1. The summed E-state index contributed by atoms with van der Waals surface area (Å²) in [5.74, 6) is -1.04. The van der Waals surface area contributed by atoms with E-state index in [0.29, 0.717) is 30.3 Å². The van der Waals surface area contributed by atoms with Crippen LogP contribution in [0, 0.1) is 0 Å². The molecule has 1 N–H and O–H groups in total. The third kappa shape index (κ3) is 47.5. The molecule has 0 saturated carbocycles. The van der Waals surface area contributed by atoms with Crippen molar-refractivity contribution in [2.45, 2.75) is 212 Å². The largest absolute Gasteiger partial charge is 0.756 e. The highest BCUT2D eigenvalue weighted by Crippen LogP contribution is 2.38. The van der Waals surface area contributed by atoms with Crippen LogP contribution in [0.15, 0.2) is 60.8 Å². The van der Waals surface area contributed by atoms with Gasteiger partial charge in [0.1, 0.15) is 19.8 Å². The van der Waals surface area contributed by atoms with E-state index in [1.54, 1.807) is 12.2 Å². The van der Waals surface area contributed by atoms with Crippen LogP contribution in [-0.4, -0.2) is 81.2 Å². The lowest BCUT2D eigenvalue weighted by Crippen LogP contribution is -2.37. The molecule has 0 aliphatic carbocycles. The lowest BCUT2D eigenvalue weighted by Gasteiger charge is -2.28. The molecule has 0 bridgehead atoms. The topological polar surface area (TPSA) is 131 Å². The molecule has 0 fully saturated rings. The normalized spacial score (nSPS) is 14.5. The molecule has 0 saturated heterocycles. The number of unbranched alkanes of at least 4 members (excludes halogenated alkanes) is 20. The predicted molar refractivity (Wildman–Crippen MR) is 260 cm³/mol. The van der Waals surface area contributed by atoms with E-state index in [-0.39, 0.29) is 26.1 Å². The molecule has 0 radical (unpaired) electrons. The van der Waals surface area contributed by atoms with Gasteiger partial charge in [0, 0.05) is 12.8 Å². The second-order valence-electron chi connectivity index (χ2n) is 18.0. The van der Waals surface area contributed by atoms with Gasteiger partial charge in [-0.3, -0.25) is 14.2 Å². The standard InChI is InChI=1S/C52H94NO9P/c1-6-8-10-12-14-16-18-20-21-22-23-24-25-26-27-29-31-33-35-37-39-43-52(56)62-50(48-61-63(57,58)60-46-45-53(3,4)5)47-59-51(55)44-40-42-49(54)41-38-36-34-32-30-28-19-17-15-13-11-9-7-2/h15,17,20-21,28,30,34,36,38,41,49-50,54H,6-14,16,18-19,22-27,29,31-33,35,37,39-40,42-48H2,1-5H3/b17-15-,21-20-,30-28-,36-34-,41-38+/t49-,50-/m1/s1. The number of ether oxygens (including phenoxy) is 2. The highest BCUT2D eigenvalue weighted by Gasteiger charge is 2.22. The van der Waals surface area contributed by atoms with Gasteiger partial charge in [0.15, 0.2) is 6.10 Å². The number of rotatable bonds is 45. The Morgan fingerprint density at radius 2 is 1.06 bits per heavy atom. The first-order valence-corrected chi connectivity index (χ1v) is 26.6. The fraction of sp³-hybridized carbons (Fsp3) is 0.769. The van der Waals surface area contributed by atoms with Crippen LogP contribution < -0.4 is 4.89 Å². The molecule has 0 aliphatic heterocycles. The molecular formula is C52H94NO9P. The van der Waals surface area contributed by atoms with Gasteiger partial charge in [-0.05, 0) is 70.6 Å². The van der Waals surface area contributed by atoms with Crippen LogP contribution in [0.3, 0.4) is 0 Å². The molecule has 63 heavy (non-hydrogen) atoms. The molecule has 10 nitrogen and oxygen atoms in total. The predicted octanol–water partition coefficient (Wildman–Crippen LogP) is 13.1. The highest BCUT2D eigenvalue weighted by molar-refractivity contribution is 7.45. The van der Waals surface area contributed by atoms with Crippen molar-refractivity contribution in [2.24, 2.45) is 0 Å². The van der Waals surface area contributed by atoms with E-state index in [4.69, 9.17) is 18.5 Å². The molecular weight excluding hydrogens is 814 g/mol. The van der Waals surface area contributed by atoms with E-state index in [1.165, 1.54) is 116 Å². The van der Waals surface area contributed by atoms with Gasteiger partial charge in [0.05, 0.1) is 33.9 Å². The van der Waals surface area contributed by atoms with Crippen molar-refractivity contribution in [3.8, 4) is 0 Å². The van der Waals surface area contributed by atoms with Crippen LogP contribution >= 0.6 is 7.82 Å². The molecule has 0 aliphatic rings. The zero-order chi connectivity index (χ0) is 46.5. The Morgan fingerprint density at radius 1 is 0.587 bits per heavy atom. The van der Waals surface area contributed by atoms with Gasteiger partial charge < -0.3 is 33.0 Å². The molecule has 0 amide bonds. The summed E-state index contributed by atoms with van der Waals surface area (Å²) < 4.78 is 33.8. The molecule has 11 heteroatoms. The summed E-state index contributed by atoms with van der Waals surface area (Å²) in [6.45, 7) is 3.98. The summed E-state index contributed by atoms with van der Waals surface area (Å²) in [6, 6.07) is 0. The fourth-order valence-electron chi connectivity index (χ4n) is 6.64. The van der Waals surface area contributed by atoms with Crippen molar-refractivity contribution in [2.75, 3.05) is 47.5 Å². The van der Waals surface area contributed by atoms with Gasteiger partial charge in [-0.2, -0.15) is 0 Å². The Bertz CT molecular complexity index is 1270. The Balaban J connectivity index is 4.42. The van der Waals surface area contributed by atoms with Gasteiger partial charge in [-0.15, -0.1) is 0 Å². The number of esters is 2. The third-order valence-electron chi connectivity index (χ3n) is 10.6. The summed E-state index contributed by atoms with van der Waals surface area (Å²) in [7, 11) is 1.06. The number of aliphatic hydroxyl groups is 1. The summed E-state index contributed by atoms with van der Waals surface area (Å²) in [4.78, 5) is 37.7. The first kappa shape index (κ1) is 60.7. The number of hydrogen-bond acceptors (Lipinski definition) is 9. The smallest absolute Gasteiger partial charge is 0.306 e. The van der Waals surface area contributed by atoms with Crippen LogP contribution in [0.25, 0.3) is 0 Å². The molecule has 0 aromatic heterocycles. The number of carbonyl (C=O) groups is 2. The van der Waals surface area contributed by atoms with E-state index in [9.17, 15) is 24.2 Å². The second-order valence-corrected chi connectivity index (χ2v) is 19.4.